The van der Waals surface area contributed by atoms with Gasteiger partial charge in [-0.2, -0.15) is 5.26 Å². The number of aryl methyl sites for hydroxylation is 1. The molecule has 0 aliphatic rings. The lowest BCUT2D eigenvalue weighted by atomic mass is 9.83. The van der Waals surface area contributed by atoms with Crippen LogP contribution in [0.4, 0.5) is 5.69 Å². The van der Waals surface area contributed by atoms with E-state index >= 15 is 0 Å². The van der Waals surface area contributed by atoms with Gasteiger partial charge in [0.1, 0.15) is 5.41 Å². The highest BCUT2D eigenvalue weighted by Crippen LogP contribution is 2.29. The molecule has 0 fully saturated rings. The predicted molar refractivity (Wildman–Crippen MR) is 73.4 cm³/mol. The first-order valence-corrected chi connectivity index (χ1v) is 6.35. The van der Waals surface area contributed by atoms with Crippen LogP contribution in [-0.2, 0) is 4.79 Å². The zero-order valence-electron chi connectivity index (χ0n) is 10.9. The van der Waals surface area contributed by atoms with Gasteiger partial charge in [0.15, 0.2) is 0 Å². The third-order valence-corrected chi connectivity index (χ3v) is 3.54. The van der Waals surface area contributed by atoms with Crippen LogP contribution in [0.5, 0.6) is 0 Å². The summed E-state index contributed by atoms with van der Waals surface area (Å²) in [6.45, 7) is 5.60. The zero-order valence-corrected chi connectivity index (χ0v) is 11.6. The standard InChI is InChI=1S/C14H17ClN2O/c1-4-14(5-2,9-16)13(18)17-12-7-6-10(3)8-11(12)15/h6-8H,4-5H2,1-3H3,(H,17,18). The van der Waals surface area contributed by atoms with Crippen molar-refractivity contribution in [1.29, 1.82) is 5.26 Å². The van der Waals surface area contributed by atoms with Crippen LogP contribution < -0.4 is 5.32 Å². The minimum absolute atomic E-state index is 0.291. The second-order valence-corrected chi connectivity index (χ2v) is 4.75. The van der Waals surface area contributed by atoms with Crippen molar-refractivity contribution < 1.29 is 4.79 Å². The Balaban J connectivity index is 2.97. The second-order valence-electron chi connectivity index (χ2n) is 4.34. The average Bonchev–Trinajstić information content (AvgIpc) is 2.36. The van der Waals surface area contributed by atoms with Gasteiger partial charge in [-0.3, -0.25) is 4.79 Å². The van der Waals surface area contributed by atoms with Gasteiger partial charge in [-0.1, -0.05) is 31.5 Å². The Hall–Kier alpha value is -1.53. The second kappa shape index (κ2) is 5.88. The Kier molecular flexibility index (Phi) is 4.75. The Morgan fingerprint density at radius 3 is 2.50 bits per heavy atom. The van der Waals surface area contributed by atoms with Crippen molar-refractivity contribution in [3.63, 3.8) is 0 Å². The van der Waals surface area contributed by atoms with Crippen LogP contribution in [0.2, 0.25) is 5.02 Å². The summed E-state index contributed by atoms with van der Waals surface area (Å²) >= 11 is 6.06. The predicted octanol–water partition coefficient (Wildman–Crippen LogP) is 3.92. The number of amides is 1. The molecule has 0 aromatic heterocycles. The lowest BCUT2D eigenvalue weighted by Gasteiger charge is -2.22. The van der Waals surface area contributed by atoms with E-state index in [4.69, 9.17) is 11.6 Å². The Bertz CT molecular complexity index is 487. The number of nitrogens with one attached hydrogen (secondary N) is 1. The number of rotatable bonds is 4. The average molecular weight is 265 g/mol. The number of nitriles is 1. The molecule has 0 heterocycles. The highest BCUT2D eigenvalue weighted by Gasteiger charge is 2.35. The van der Waals surface area contributed by atoms with Gasteiger partial charge in [-0.05, 0) is 37.5 Å². The number of hydrogen-bond donors (Lipinski definition) is 1. The molecule has 0 unspecified atom stereocenters. The Morgan fingerprint density at radius 2 is 2.06 bits per heavy atom. The number of carbonyl (C=O) groups excluding carboxylic acids is 1. The molecule has 1 amide bonds. The maximum absolute atomic E-state index is 12.2. The first kappa shape index (κ1) is 14.5. The summed E-state index contributed by atoms with van der Waals surface area (Å²) in [4.78, 5) is 12.2. The molecular formula is C14H17ClN2O. The lowest BCUT2D eigenvalue weighted by molar-refractivity contribution is -0.123. The molecule has 1 rings (SSSR count). The number of anilines is 1. The summed E-state index contributed by atoms with van der Waals surface area (Å²) in [5.41, 5.74) is 0.595. The van der Waals surface area contributed by atoms with Gasteiger partial charge in [0, 0.05) is 0 Å². The normalized spacial score (nSPS) is 10.8. The quantitative estimate of drug-likeness (QED) is 0.896. The molecule has 3 nitrogen and oxygen atoms in total. The monoisotopic (exact) mass is 264 g/mol. The molecule has 0 aliphatic heterocycles. The summed E-state index contributed by atoms with van der Waals surface area (Å²) in [5, 5.41) is 12.4. The van der Waals surface area contributed by atoms with Crippen molar-refractivity contribution in [3.05, 3.63) is 28.8 Å². The number of halogens is 1. The maximum Gasteiger partial charge on any atom is 0.244 e. The van der Waals surface area contributed by atoms with Gasteiger partial charge in [0.2, 0.25) is 5.91 Å². The highest BCUT2D eigenvalue weighted by molar-refractivity contribution is 6.33. The molecule has 0 radical (unpaired) electrons. The van der Waals surface area contributed by atoms with Crippen molar-refractivity contribution >= 4 is 23.2 Å². The van der Waals surface area contributed by atoms with Gasteiger partial charge < -0.3 is 5.32 Å². The molecule has 96 valence electrons. The fourth-order valence-electron chi connectivity index (χ4n) is 1.74. The van der Waals surface area contributed by atoms with Crippen LogP contribution in [-0.4, -0.2) is 5.91 Å². The van der Waals surface area contributed by atoms with E-state index in [1.165, 1.54) is 0 Å². The summed E-state index contributed by atoms with van der Waals surface area (Å²) in [7, 11) is 0. The van der Waals surface area contributed by atoms with Crippen LogP contribution in [0.15, 0.2) is 18.2 Å². The number of carbonyl (C=O) groups is 1. The van der Waals surface area contributed by atoms with E-state index in [-0.39, 0.29) is 5.91 Å². The van der Waals surface area contributed by atoms with Gasteiger partial charge in [-0.15, -0.1) is 0 Å². The van der Waals surface area contributed by atoms with Crippen molar-refractivity contribution in [2.45, 2.75) is 33.6 Å². The third-order valence-electron chi connectivity index (χ3n) is 3.23. The smallest absolute Gasteiger partial charge is 0.244 e. The van der Waals surface area contributed by atoms with E-state index in [2.05, 4.69) is 11.4 Å². The Morgan fingerprint density at radius 1 is 1.44 bits per heavy atom. The highest BCUT2D eigenvalue weighted by atomic mass is 35.5. The minimum Gasteiger partial charge on any atom is -0.323 e. The summed E-state index contributed by atoms with van der Waals surface area (Å²) in [5.74, 6) is -0.291. The van der Waals surface area contributed by atoms with Gasteiger partial charge in [-0.25, -0.2) is 0 Å². The SMILES string of the molecule is CCC(C#N)(CC)C(=O)Nc1ccc(C)cc1Cl. The number of hydrogen-bond acceptors (Lipinski definition) is 2. The van der Waals surface area contributed by atoms with Gasteiger partial charge in [0.05, 0.1) is 16.8 Å². The lowest BCUT2D eigenvalue weighted by Crippen LogP contribution is -2.34. The molecule has 0 saturated heterocycles. The van der Waals surface area contributed by atoms with E-state index in [0.717, 1.165) is 5.56 Å². The molecule has 0 spiro atoms. The fraction of sp³-hybridized carbons (Fsp3) is 0.429. The van der Waals surface area contributed by atoms with E-state index in [1.54, 1.807) is 12.1 Å². The molecule has 0 aliphatic carbocycles. The molecule has 0 bridgehead atoms. The maximum atomic E-state index is 12.2. The summed E-state index contributed by atoms with van der Waals surface area (Å²) in [6.07, 6.45) is 0.963. The molecule has 1 aromatic carbocycles. The minimum atomic E-state index is -0.978. The number of benzene rings is 1. The van der Waals surface area contributed by atoms with Crippen LogP contribution >= 0.6 is 11.6 Å². The molecule has 4 heteroatoms. The van der Waals surface area contributed by atoms with Gasteiger partial charge >= 0.3 is 0 Å². The van der Waals surface area contributed by atoms with Crippen LogP contribution in [0.1, 0.15) is 32.3 Å². The molecule has 0 saturated carbocycles. The summed E-state index contributed by atoms with van der Waals surface area (Å²) < 4.78 is 0. The van der Waals surface area contributed by atoms with Crippen molar-refractivity contribution in [2.24, 2.45) is 5.41 Å². The first-order chi connectivity index (χ1) is 8.49. The van der Waals surface area contributed by atoms with E-state index < -0.39 is 5.41 Å². The van der Waals surface area contributed by atoms with Crippen LogP contribution in [0.3, 0.4) is 0 Å². The van der Waals surface area contributed by atoms with Crippen LogP contribution in [0, 0.1) is 23.7 Å². The largest absolute Gasteiger partial charge is 0.323 e. The van der Waals surface area contributed by atoms with Crippen molar-refractivity contribution in [3.8, 4) is 6.07 Å². The third kappa shape index (κ3) is 2.83. The molecule has 1 aromatic rings. The molecular weight excluding hydrogens is 248 g/mol. The van der Waals surface area contributed by atoms with Crippen LogP contribution in [0.25, 0.3) is 0 Å². The molecule has 0 atom stereocenters. The Labute approximate surface area is 113 Å². The zero-order chi connectivity index (χ0) is 13.8. The fourth-order valence-corrected chi connectivity index (χ4v) is 2.03. The van der Waals surface area contributed by atoms with Crippen molar-refractivity contribution in [2.75, 3.05) is 5.32 Å². The molecule has 1 N–H and O–H groups in total. The van der Waals surface area contributed by atoms with E-state index in [0.29, 0.717) is 23.6 Å². The first-order valence-electron chi connectivity index (χ1n) is 5.98. The summed E-state index contributed by atoms with van der Waals surface area (Å²) in [6, 6.07) is 7.51. The van der Waals surface area contributed by atoms with E-state index in [9.17, 15) is 10.1 Å². The van der Waals surface area contributed by atoms with E-state index in [1.807, 2.05) is 26.8 Å². The number of nitrogens with zero attached hydrogens (tertiary/aromatic N) is 1. The van der Waals surface area contributed by atoms with Gasteiger partial charge in [0.25, 0.3) is 0 Å². The topological polar surface area (TPSA) is 52.9 Å². The molecule has 18 heavy (non-hydrogen) atoms. The van der Waals surface area contributed by atoms with Crippen molar-refractivity contribution in [1.82, 2.24) is 0 Å².